The molecule has 0 fully saturated rings. The van der Waals surface area contributed by atoms with Crippen molar-refractivity contribution in [3.05, 3.63) is 54.6 Å². The fourth-order valence-corrected chi connectivity index (χ4v) is 1.93. The molecule has 0 aliphatic heterocycles. The van der Waals surface area contributed by atoms with Gasteiger partial charge in [0, 0.05) is 0 Å². The molecule has 0 heterocycles. The first kappa shape index (κ1) is 16.1. The molecular weight excluding hydrogens is 304 g/mol. The Labute approximate surface area is 129 Å². The molecule has 0 aliphatic carbocycles. The van der Waals surface area contributed by atoms with Crippen LogP contribution >= 0.6 is 0 Å². The van der Waals surface area contributed by atoms with Crippen LogP contribution in [0.25, 0.3) is 0 Å². The molecule has 2 rings (SSSR count). The lowest BCUT2D eigenvalue weighted by Crippen LogP contribution is -2.11. The normalized spacial score (nSPS) is 11.7. The van der Waals surface area contributed by atoms with Gasteiger partial charge < -0.3 is 4.74 Å². The van der Waals surface area contributed by atoms with Gasteiger partial charge in [-0.2, -0.15) is 18.6 Å². The van der Waals surface area contributed by atoms with Crippen LogP contribution in [0.15, 0.2) is 64.8 Å². The Balaban J connectivity index is 1.84. The lowest BCUT2D eigenvalue weighted by atomic mass is 10.3. The van der Waals surface area contributed by atoms with Crippen LogP contribution in [0.1, 0.15) is 0 Å². The lowest BCUT2D eigenvalue weighted by molar-refractivity contribution is 0.222. The third-order valence-electron chi connectivity index (χ3n) is 2.52. The van der Waals surface area contributed by atoms with Crippen molar-refractivity contribution in [3.63, 3.8) is 0 Å². The molecule has 116 valence electrons. The number of hydrogen-bond acceptors (Lipinski definition) is 6. The van der Waals surface area contributed by atoms with Gasteiger partial charge in [0.1, 0.15) is 19.0 Å². The van der Waals surface area contributed by atoms with E-state index in [1.165, 1.54) is 0 Å². The molecule has 0 unspecified atom stereocenters. The van der Waals surface area contributed by atoms with Gasteiger partial charge in [0.25, 0.3) is 10.1 Å². The lowest BCUT2D eigenvalue weighted by Gasteiger charge is -2.05. The number of benzene rings is 2. The van der Waals surface area contributed by atoms with Crippen LogP contribution in [0, 0.1) is 0 Å². The maximum Gasteiger partial charge on any atom is 0.264 e. The molecule has 0 saturated heterocycles. The van der Waals surface area contributed by atoms with Crippen molar-refractivity contribution >= 4 is 21.5 Å². The third-order valence-corrected chi connectivity index (χ3v) is 3.12. The molecule has 0 amide bonds. The summed E-state index contributed by atoms with van der Waals surface area (Å²) in [6.07, 6.45) is 1.000. The topological polar surface area (TPSA) is 77.3 Å². The zero-order valence-electron chi connectivity index (χ0n) is 12.0. The van der Waals surface area contributed by atoms with E-state index in [2.05, 4.69) is 14.4 Å². The van der Waals surface area contributed by atoms with Gasteiger partial charge in [-0.25, -0.2) is 0 Å². The van der Waals surface area contributed by atoms with E-state index in [1.54, 1.807) is 24.3 Å². The molecule has 0 radical (unpaired) electrons. The minimum Gasteiger partial charge on any atom is -0.491 e. The molecule has 0 aliphatic rings. The SMILES string of the molecule is CS(=O)(=O)OCCOc1ccc(N=Nc2ccccc2)cc1. The zero-order chi connectivity index (χ0) is 15.8. The summed E-state index contributed by atoms with van der Waals surface area (Å²) in [7, 11) is -3.43. The van der Waals surface area contributed by atoms with Crippen LogP contribution in [-0.4, -0.2) is 27.9 Å². The second-order valence-corrected chi connectivity index (χ2v) is 6.05. The van der Waals surface area contributed by atoms with E-state index in [4.69, 9.17) is 4.74 Å². The number of hydrogen-bond donors (Lipinski definition) is 0. The predicted octanol–water partition coefficient (Wildman–Crippen LogP) is 3.46. The Kier molecular flexibility index (Phi) is 5.62. The standard InChI is InChI=1S/C15H16N2O4S/c1-22(18,19)21-12-11-20-15-9-7-14(8-10-15)17-16-13-5-3-2-4-6-13/h2-10H,11-12H2,1H3. The molecule has 0 saturated carbocycles. The van der Waals surface area contributed by atoms with E-state index in [1.807, 2.05) is 30.3 Å². The Hall–Kier alpha value is -2.25. The van der Waals surface area contributed by atoms with Crippen LogP contribution in [0.2, 0.25) is 0 Å². The molecule has 0 N–H and O–H groups in total. The van der Waals surface area contributed by atoms with Gasteiger partial charge in [-0.05, 0) is 36.4 Å². The van der Waals surface area contributed by atoms with Gasteiger partial charge >= 0.3 is 0 Å². The van der Waals surface area contributed by atoms with Gasteiger partial charge in [0.05, 0.1) is 17.6 Å². The molecule has 0 atom stereocenters. The molecule has 0 aromatic heterocycles. The molecule has 6 nitrogen and oxygen atoms in total. The molecule has 2 aromatic rings. The summed E-state index contributed by atoms with van der Waals surface area (Å²) < 4.78 is 31.5. The maximum atomic E-state index is 10.8. The molecule has 7 heteroatoms. The summed E-state index contributed by atoms with van der Waals surface area (Å²) >= 11 is 0. The van der Waals surface area contributed by atoms with Crippen molar-refractivity contribution in [2.45, 2.75) is 0 Å². The average molecular weight is 320 g/mol. The first-order valence-electron chi connectivity index (χ1n) is 6.57. The quantitative estimate of drug-likeness (QED) is 0.445. The summed E-state index contributed by atoms with van der Waals surface area (Å²) in [4.78, 5) is 0. The Morgan fingerprint density at radius 1 is 0.864 bits per heavy atom. The van der Waals surface area contributed by atoms with Crippen molar-refractivity contribution in [1.29, 1.82) is 0 Å². The number of ether oxygens (including phenoxy) is 1. The van der Waals surface area contributed by atoms with E-state index in [9.17, 15) is 8.42 Å². The number of nitrogens with zero attached hydrogens (tertiary/aromatic N) is 2. The minimum atomic E-state index is -3.43. The molecular formula is C15H16N2O4S. The smallest absolute Gasteiger partial charge is 0.264 e. The van der Waals surface area contributed by atoms with Gasteiger partial charge in [-0.3, -0.25) is 4.18 Å². The highest BCUT2D eigenvalue weighted by atomic mass is 32.2. The fourth-order valence-electron chi connectivity index (χ4n) is 1.56. The highest BCUT2D eigenvalue weighted by Gasteiger charge is 2.01. The highest BCUT2D eigenvalue weighted by molar-refractivity contribution is 7.85. The van der Waals surface area contributed by atoms with Crippen LogP contribution in [0.5, 0.6) is 5.75 Å². The van der Waals surface area contributed by atoms with Gasteiger partial charge in [0.15, 0.2) is 0 Å². The summed E-state index contributed by atoms with van der Waals surface area (Å²) in [5.74, 6) is 0.607. The molecule has 2 aromatic carbocycles. The van der Waals surface area contributed by atoms with Gasteiger partial charge in [-0.1, -0.05) is 18.2 Å². The second-order valence-electron chi connectivity index (χ2n) is 4.40. The van der Waals surface area contributed by atoms with Crippen molar-refractivity contribution in [2.24, 2.45) is 10.2 Å². The largest absolute Gasteiger partial charge is 0.491 e. The summed E-state index contributed by atoms with van der Waals surface area (Å²) in [5.41, 5.74) is 1.48. The molecule has 22 heavy (non-hydrogen) atoms. The monoisotopic (exact) mass is 320 g/mol. The summed E-state index contributed by atoms with van der Waals surface area (Å²) in [5, 5.41) is 8.22. The maximum absolute atomic E-state index is 10.8. The van der Waals surface area contributed by atoms with Crippen molar-refractivity contribution in [1.82, 2.24) is 0 Å². The first-order valence-corrected chi connectivity index (χ1v) is 8.39. The van der Waals surface area contributed by atoms with Crippen LogP contribution in [0.3, 0.4) is 0 Å². The average Bonchev–Trinajstić information content (AvgIpc) is 2.51. The Morgan fingerprint density at radius 3 is 2.05 bits per heavy atom. The Bertz CT molecular complexity index is 713. The number of rotatable bonds is 7. The van der Waals surface area contributed by atoms with E-state index < -0.39 is 10.1 Å². The van der Waals surface area contributed by atoms with Crippen molar-refractivity contribution < 1.29 is 17.3 Å². The molecule has 0 spiro atoms. The third kappa shape index (κ3) is 6.02. The summed E-state index contributed by atoms with van der Waals surface area (Å²) in [6.45, 7) is 0.131. The first-order chi connectivity index (χ1) is 10.5. The van der Waals surface area contributed by atoms with E-state index >= 15 is 0 Å². The minimum absolute atomic E-state index is 0.0195. The van der Waals surface area contributed by atoms with Crippen molar-refractivity contribution in [3.8, 4) is 5.75 Å². The van der Waals surface area contributed by atoms with Gasteiger partial charge in [-0.15, -0.1) is 0 Å². The zero-order valence-corrected chi connectivity index (χ0v) is 12.9. The van der Waals surface area contributed by atoms with E-state index in [0.717, 1.165) is 11.9 Å². The van der Waals surface area contributed by atoms with Crippen LogP contribution in [0.4, 0.5) is 11.4 Å². The fraction of sp³-hybridized carbons (Fsp3) is 0.200. The molecule has 0 bridgehead atoms. The van der Waals surface area contributed by atoms with E-state index in [-0.39, 0.29) is 13.2 Å². The second kappa shape index (κ2) is 7.67. The predicted molar refractivity (Wildman–Crippen MR) is 83.4 cm³/mol. The number of azo groups is 1. The van der Waals surface area contributed by atoms with Crippen LogP contribution < -0.4 is 4.74 Å². The van der Waals surface area contributed by atoms with Crippen molar-refractivity contribution in [2.75, 3.05) is 19.5 Å². The van der Waals surface area contributed by atoms with Crippen LogP contribution in [-0.2, 0) is 14.3 Å². The highest BCUT2D eigenvalue weighted by Crippen LogP contribution is 2.21. The van der Waals surface area contributed by atoms with E-state index in [0.29, 0.717) is 11.4 Å². The summed E-state index contributed by atoms with van der Waals surface area (Å²) in [6, 6.07) is 16.4. The Morgan fingerprint density at radius 2 is 1.45 bits per heavy atom. The van der Waals surface area contributed by atoms with Gasteiger partial charge in [0.2, 0.25) is 0 Å².